The number of aliphatic carboxylic acids is 2. The summed E-state index contributed by atoms with van der Waals surface area (Å²) in [5, 5.41) is 100. The zero-order valence-electron chi connectivity index (χ0n) is 26.6. The van der Waals surface area contributed by atoms with Crippen LogP contribution >= 0.6 is 0 Å². The van der Waals surface area contributed by atoms with Crippen molar-refractivity contribution in [1.82, 2.24) is 0 Å². The minimum absolute atomic E-state index is 0.00618. The van der Waals surface area contributed by atoms with Gasteiger partial charge >= 0.3 is 23.9 Å². The van der Waals surface area contributed by atoms with Crippen molar-refractivity contribution < 1.29 is 79.7 Å². The summed E-state index contributed by atoms with van der Waals surface area (Å²) >= 11 is 0. The number of carbonyl (C=O) groups excluding carboxylic acids is 2. The third-order valence-electron chi connectivity index (χ3n) is 8.32. The number of carboxylic acids is 2. The summed E-state index contributed by atoms with van der Waals surface area (Å²) in [6, 6.07) is 12.1. The van der Waals surface area contributed by atoms with Crippen LogP contribution in [0.1, 0.15) is 33.7 Å². The van der Waals surface area contributed by atoms with Crippen LogP contribution in [0, 0.1) is 5.92 Å². The molecule has 0 heterocycles. The van der Waals surface area contributed by atoms with Gasteiger partial charge in [0.15, 0.2) is 46.0 Å². The maximum Gasteiger partial charge on any atom is 0.345 e. The van der Waals surface area contributed by atoms with Crippen LogP contribution in [-0.2, 0) is 41.5 Å². The van der Waals surface area contributed by atoms with E-state index in [1.165, 1.54) is 18.2 Å². The molecule has 0 amide bonds. The second-order valence-electron chi connectivity index (χ2n) is 11.8. The van der Waals surface area contributed by atoms with E-state index in [1.54, 1.807) is 0 Å². The lowest BCUT2D eigenvalue weighted by atomic mass is 9.71. The molecule has 0 saturated heterocycles. The lowest BCUT2D eigenvalue weighted by molar-refractivity contribution is -0.168. The standard InChI is InChI=1S/C36H30O16/c37-21-4-1-15(7-24(21)40)9-29(33(45)46)51-35(49)20-11-18-13-27(43)28(44)14-19(18)31(17-3-6-23(39)26(42)12-17)32(20)36(50)52-30(34(47)48)10-16-2-5-22(38)25(41)8-16/h1-8,11-14,29-32,37-44H,9-10H2,(H,45,46)(H,47,48)/t29-,30+,31-,32-/m1/s1. The van der Waals surface area contributed by atoms with Gasteiger partial charge in [0, 0.05) is 18.8 Å². The Kier molecular flexibility index (Phi) is 10.0. The Hall–Kier alpha value is -7.10. The van der Waals surface area contributed by atoms with E-state index in [4.69, 9.17) is 9.47 Å². The molecule has 4 aromatic rings. The number of phenolic OH excluding ortho intramolecular Hbond substituents is 8. The van der Waals surface area contributed by atoms with E-state index in [0.717, 1.165) is 54.6 Å². The van der Waals surface area contributed by atoms with E-state index >= 15 is 0 Å². The number of fused-ring (bicyclic) bond motifs is 1. The fourth-order valence-electron chi connectivity index (χ4n) is 5.76. The monoisotopic (exact) mass is 718 g/mol. The Bertz CT molecular complexity index is 2120. The second-order valence-corrected chi connectivity index (χ2v) is 11.8. The zero-order chi connectivity index (χ0) is 38.0. The molecular weight excluding hydrogens is 688 g/mol. The summed E-state index contributed by atoms with van der Waals surface area (Å²) in [6.45, 7) is 0. The molecule has 0 radical (unpaired) electrons. The molecule has 1 aliphatic rings. The van der Waals surface area contributed by atoms with Crippen molar-refractivity contribution in [2.45, 2.75) is 31.0 Å². The van der Waals surface area contributed by atoms with Crippen LogP contribution in [0.2, 0.25) is 0 Å². The first-order valence-corrected chi connectivity index (χ1v) is 15.2. The van der Waals surface area contributed by atoms with Gasteiger partial charge in [-0.25, -0.2) is 14.4 Å². The Morgan fingerprint density at radius 2 is 1.02 bits per heavy atom. The quantitative estimate of drug-likeness (QED) is 0.0788. The lowest BCUT2D eigenvalue weighted by Crippen LogP contribution is -2.39. The molecule has 10 N–H and O–H groups in total. The fourth-order valence-corrected chi connectivity index (χ4v) is 5.76. The number of carboxylic acid groups (broad SMARTS) is 2. The Balaban J connectivity index is 1.61. The SMILES string of the molecule is O=C(O[C@H](Cc1ccc(O)c(O)c1)C(=O)O)C1=Cc2cc(O)c(O)cc2[C@@H](c2ccc(O)c(O)c2)[C@@H]1C(=O)O[C@@H](Cc1ccc(O)c(O)c1)C(=O)O. The van der Waals surface area contributed by atoms with E-state index in [-0.39, 0.29) is 27.8 Å². The van der Waals surface area contributed by atoms with Gasteiger partial charge in [-0.2, -0.15) is 0 Å². The number of phenols is 8. The van der Waals surface area contributed by atoms with Gasteiger partial charge in [-0.1, -0.05) is 18.2 Å². The Morgan fingerprint density at radius 1 is 0.558 bits per heavy atom. The molecule has 270 valence electrons. The van der Waals surface area contributed by atoms with E-state index in [0.29, 0.717) is 0 Å². The Labute approximate surface area is 292 Å². The molecule has 0 saturated carbocycles. The van der Waals surface area contributed by atoms with Crippen molar-refractivity contribution in [1.29, 1.82) is 0 Å². The number of esters is 2. The molecule has 0 spiro atoms. The number of ether oxygens (including phenoxy) is 2. The van der Waals surface area contributed by atoms with Gasteiger partial charge < -0.3 is 60.5 Å². The first-order valence-electron chi connectivity index (χ1n) is 15.2. The predicted octanol–water partition coefficient (Wildman–Crippen LogP) is 2.95. The van der Waals surface area contributed by atoms with Gasteiger partial charge in [0.1, 0.15) is 0 Å². The van der Waals surface area contributed by atoms with E-state index < -0.39 is 112 Å². The van der Waals surface area contributed by atoms with Crippen LogP contribution in [0.5, 0.6) is 46.0 Å². The third kappa shape index (κ3) is 7.55. The summed E-state index contributed by atoms with van der Waals surface area (Å²) in [4.78, 5) is 52.7. The first kappa shape index (κ1) is 36.2. The van der Waals surface area contributed by atoms with E-state index in [2.05, 4.69) is 0 Å². The first-order chi connectivity index (χ1) is 24.5. The van der Waals surface area contributed by atoms with Crippen molar-refractivity contribution in [3.63, 3.8) is 0 Å². The molecule has 4 aromatic carbocycles. The van der Waals surface area contributed by atoms with Crippen LogP contribution in [0.25, 0.3) is 6.08 Å². The maximum atomic E-state index is 14.2. The number of benzene rings is 4. The van der Waals surface area contributed by atoms with Crippen LogP contribution < -0.4 is 0 Å². The molecule has 5 rings (SSSR count). The highest BCUT2D eigenvalue weighted by Gasteiger charge is 2.45. The van der Waals surface area contributed by atoms with E-state index in [9.17, 15) is 70.2 Å². The lowest BCUT2D eigenvalue weighted by Gasteiger charge is -2.33. The minimum atomic E-state index is -1.97. The zero-order valence-corrected chi connectivity index (χ0v) is 26.6. The van der Waals surface area contributed by atoms with Gasteiger partial charge in [-0.15, -0.1) is 0 Å². The predicted molar refractivity (Wildman–Crippen MR) is 175 cm³/mol. The van der Waals surface area contributed by atoms with Crippen molar-refractivity contribution in [2.75, 3.05) is 0 Å². The summed E-state index contributed by atoms with van der Waals surface area (Å²) < 4.78 is 10.8. The van der Waals surface area contributed by atoms with Gasteiger partial charge in [-0.05, 0) is 82.4 Å². The molecule has 16 heteroatoms. The largest absolute Gasteiger partial charge is 0.504 e. The average molecular weight is 719 g/mol. The van der Waals surface area contributed by atoms with Crippen molar-refractivity contribution in [3.8, 4) is 46.0 Å². The number of hydrogen-bond donors (Lipinski definition) is 10. The second kappa shape index (κ2) is 14.4. The van der Waals surface area contributed by atoms with Gasteiger partial charge in [-0.3, -0.25) is 4.79 Å². The number of carbonyl (C=O) groups is 4. The third-order valence-corrected chi connectivity index (χ3v) is 8.32. The summed E-state index contributed by atoms with van der Waals surface area (Å²) in [7, 11) is 0. The normalized spacial score (nSPS) is 16.1. The van der Waals surface area contributed by atoms with Crippen molar-refractivity contribution >= 4 is 30.0 Å². The molecule has 4 atom stereocenters. The van der Waals surface area contributed by atoms with Gasteiger partial charge in [0.2, 0.25) is 12.2 Å². The summed E-state index contributed by atoms with van der Waals surface area (Å²) in [6.07, 6.45) is -3.95. The fraction of sp³-hybridized carbons (Fsp3) is 0.167. The summed E-state index contributed by atoms with van der Waals surface area (Å²) in [5.74, 6) is -14.2. The molecule has 16 nitrogen and oxygen atoms in total. The number of rotatable bonds is 11. The number of hydrogen-bond acceptors (Lipinski definition) is 14. The topological polar surface area (TPSA) is 289 Å². The van der Waals surface area contributed by atoms with Crippen LogP contribution in [0.4, 0.5) is 0 Å². The van der Waals surface area contributed by atoms with Crippen LogP contribution in [0.15, 0.2) is 72.3 Å². The summed E-state index contributed by atoms with van der Waals surface area (Å²) in [5.41, 5.74) is -0.309. The maximum absolute atomic E-state index is 14.2. The van der Waals surface area contributed by atoms with Gasteiger partial charge in [0.25, 0.3) is 0 Å². The molecule has 0 aromatic heterocycles. The molecule has 52 heavy (non-hydrogen) atoms. The Morgan fingerprint density at radius 3 is 1.52 bits per heavy atom. The smallest absolute Gasteiger partial charge is 0.345 e. The van der Waals surface area contributed by atoms with E-state index in [1.807, 2.05) is 0 Å². The molecular formula is C36H30O16. The number of aromatic hydroxyl groups is 8. The molecule has 0 aliphatic heterocycles. The molecule has 0 unspecified atom stereocenters. The highest BCUT2D eigenvalue weighted by atomic mass is 16.6. The van der Waals surface area contributed by atoms with Crippen LogP contribution in [0.3, 0.4) is 0 Å². The highest BCUT2D eigenvalue weighted by molar-refractivity contribution is 6.03. The van der Waals surface area contributed by atoms with Crippen molar-refractivity contribution in [3.05, 3.63) is 100 Å². The van der Waals surface area contributed by atoms with Crippen LogP contribution in [-0.4, -0.2) is 87.2 Å². The van der Waals surface area contributed by atoms with Gasteiger partial charge in [0.05, 0.1) is 11.5 Å². The van der Waals surface area contributed by atoms with Crippen molar-refractivity contribution in [2.24, 2.45) is 5.92 Å². The molecule has 0 fully saturated rings. The minimum Gasteiger partial charge on any atom is -0.504 e. The molecule has 1 aliphatic carbocycles. The molecule has 0 bridgehead atoms. The average Bonchev–Trinajstić information content (AvgIpc) is 3.08. The highest BCUT2D eigenvalue weighted by Crippen LogP contribution is 2.48.